The second-order valence-corrected chi connectivity index (χ2v) is 5.33. The van der Waals surface area contributed by atoms with Crippen LogP contribution in [0.4, 0.5) is 4.39 Å². The van der Waals surface area contributed by atoms with E-state index in [9.17, 15) is 4.39 Å². The summed E-state index contributed by atoms with van der Waals surface area (Å²) in [5.74, 6) is 5.46. The van der Waals surface area contributed by atoms with Gasteiger partial charge in [-0.25, -0.2) is 4.39 Å². The van der Waals surface area contributed by atoms with Crippen molar-refractivity contribution < 1.29 is 14.2 Å². The Hall–Kier alpha value is -1.41. The van der Waals surface area contributed by atoms with E-state index in [-0.39, 0.29) is 12.4 Å². The van der Waals surface area contributed by atoms with Crippen molar-refractivity contribution in [2.45, 2.75) is 31.9 Å². The molecule has 0 aromatic heterocycles. The highest BCUT2D eigenvalue weighted by atomic mass is 19.1. The maximum absolute atomic E-state index is 13.7. The lowest BCUT2D eigenvalue weighted by Crippen LogP contribution is -2.36. The van der Waals surface area contributed by atoms with E-state index in [2.05, 4.69) is 16.7 Å². The molecule has 114 valence electrons. The van der Waals surface area contributed by atoms with Crippen LogP contribution in [0.3, 0.4) is 0 Å². The smallest absolute Gasteiger partial charge is 0.124 e. The Labute approximate surface area is 125 Å². The predicted octanol–water partition coefficient (Wildman–Crippen LogP) is 2.17. The maximum atomic E-state index is 13.7. The number of hydrogen-bond donors (Lipinski definition) is 1. The van der Waals surface area contributed by atoms with Gasteiger partial charge in [-0.2, -0.15) is 0 Å². The first kappa shape index (κ1) is 16.0. The molecule has 0 bridgehead atoms. The summed E-state index contributed by atoms with van der Waals surface area (Å²) in [4.78, 5) is 2.31. The van der Waals surface area contributed by atoms with E-state index in [1.165, 1.54) is 6.07 Å². The van der Waals surface area contributed by atoms with Crippen molar-refractivity contribution in [2.24, 2.45) is 0 Å². The van der Waals surface area contributed by atoms with Gasteiger partial charge in [0.25, 0.3) is 0 Å². The van der Waals surface area contributed by atoms with Gasteiger partial charge in [0.1, 0.15) is 5.82 Å². The zero-order valence-corrected chi connectivity index (χ0v) is 12.4. The number of rotatable bonds is 4. The van der Waals surface area contributed by atoms with Crippen LogP contribution in [0.2, 0.25) is 0 Å². The zero-order chi connectivity index (χ0) is 15.1. The number of hydrogen-bond acceptors (Lipinski definition) is 3. The Bertz CT molecular complexity index is 513. The normalized spacial score (nSPS) is 16.5. The molecule has 1 N–H and O–H groups in total. The van der Waals surface area contributed by atoms with E-state index >= 15 is 0 Å². The van der Waals surface area contributed by atoms with E-state index in [0.717, 1.165) is 38.0 Å². The second kappa shape index (κ2) is 8.14. The summed E-state index contributed by atoms with van der Waals surface area (Å²) in [6, 6.07) is 4.93. The van der Waals surface area contributed by atoms with Crippen LogP contribution in [0.5, 0.6) is 0 Å². The molecule has 1 heterocycles. The molecule has 1 aromatic rings. The summed E-state index contributed by atoms with van der Waals surface area (Å²) in [5.41, 5.74) is 1.62. The average molecular weight is 291 g/mol. The average Bonchev–Trinajstić information content (AvgIpc) is 2.48. The minimum Gasteiger partial charge on any atom is -0.395 e. The first-order valence-electron chi connectivity index (χ1n) is 7.35. The van der Waals surface area contributed by atoms with Gasteiger partial charge in [0.2, 0.25) is 0 Å². The molecule has 2 rings (SSSR count). The topological polar surface area (TPSA) is 32.7 Å². The van der Waals surface area contributed by atoms with Crippen LogP contribution in [-0.2, 0) is 11.3 Å². The summed E-state index contributed by atoms with van der Waals surface area (Å²) in [6.45, 7) is 2.72. The third-order valence-corrected chi connectivity index (χ3v) is 3.70. The van der Waals surface area contributed by atoms with Gasteiger partial charge in [-0.1, -0.05) is 11.8 Å². The molecule has 1 aliphatic heterocycles. The number of ether oxygens (including phenoxy) is 1. The van der Waals surface area contributed by atoms with E-state index in [0.29, 0.717) is 18.1 Å². The van der Waals surface area contributed by atoms with Gasteiger partial charge in [0, 0.05) is 38.7 Å². The molecular formula is C17H22FNO2. The Morgan fingerprint density at radius 2 is 2.10 bits per heavy atom. The van der Waals surface area contributed by atoms with Crippen LogP contribution >= 0.6 is 0 Å². The first-order valence-corrected chi connectivity index (χ1v) is 7.35. The molecule has 1 aromatic carbocycles. The molecule has 1 aliphatic rings. The van der Waals surface area contributed by atoms with Gasteiger partial charge >= 0.3 is 0 Å². The fraction of sp³-hybridized carbons (Fsp3) is 0.529. The zero-order valence-electron chi connectivity index (χ0n) is 12.4. The summed E-state index contributed by atoms with van der Waals surface area (Å²) in [7, 11) is 1.75. The van der Waals surface area contributed by atoms with Crippen molar-refractivity contribution in [1.82, 2.24) is 4.90 Å². The number of aliphatic hydroxyl groups excluding tert-OH is 1. The maximum Gasteiger partial charge on any atom is 0.124 e. The standard InChI is InChI=1S/C17H22FNO2/c1-21-17-5-7-19(8-6-17)13-15-10-14(4-2-3-9-20)11-16(18)12-15/h10-12,17,20H,3,5-9,13H2,1H3. The Morgan fingerprint density at radius 1 is 1.33 bits per heavy atom. The lowest BCUT2D eigenvalue weighted by atomic mass is 10.1. The lowest BCUT2D eigenvalue weighted by molar-refractivity contribution is 0.0388. The monoisotopic (exact) mass is 291 g/mol. The highest BCUT2D eigenvalue weighted by molar-refractivity contribution is 5.37. The largest absolute Gasteiger partial charge is 0.395 e. The molecule has 0 atom stereocenters. The lowest BCUT2D eigenvalue weighted by Gasteiger charge is -2.31. The summed E-state index contributed by atoms with van der Waals surface area (Å²) < 4.78 is 19.0. The summed E-state index contributed by atoms with van der Waals surface area (Å²) >= 11 is 0. The molecule has 3 nitrogen and oxygen atoms in total. The first-order chi connectivity index (χ1) is 10.2. The second-order valence-electron chi connectivity index (χ2n) is 5.33. The number of aliphatic hydroxyl groups is 1. The van der Waals surface area contributed by atoms with E-state index < -0.39 is 0 Å². The molecule has 0 saturated carbocycles. The summed E-state index contributed by atoms with van der Waals surface area (Å²) in [5, 5.41) is 8.72. The molecule has 0 unspecified atom stereocenters. The van der Waals surface area contributed by atoms with Crippen LogP contribution in [0.15, 0.2) is 18.2 Å². The number of nitrogens with zero attached hydrogens (tertiary/aromatic N) is 1. The molecule has 4 heteroatoms. The van der Waals surface area contributed by atoms with Crippen molar-refractivity contribution in [1.29, 1.82) is 0 Å². The third-order valence-electron chi connectivity index (χ3n) is 3.70. The van der Waals surface area contributed by atoms with Crippen molar-refractivity contribution in [3.8, 4) is 11.8 Å². The molecule has 1 fully saturated rings. The van der Waals surface area contributed by atoms with Crippen molar-refractivity contribution in [2.75, 3.05) is 26.8 Å². The van der Waals surface area contributed by atoms with Crippen LogP contribution in [0, 0.1) is 17.7 Å². The number of likely N-dealkylation sites (tertiary alicyclic amines) is 1. The van der Waals surface area contributed by atoms with Crippen molar-refractivity contribution in [3.05, 3.63) is 35.1 Å². The van der Waals surface area contributed by atoms with Gasteiger partial charge in [-0.15, -0.1) is 0 Å². The molecule has 21 heavy (non-hydrogen) atoms. The highest BCUT2D eigenvalue weighted by Crippen LogP contribution is 2.17. The van der Waals surface area contributed by atoms with Gasteiger partial charge in [0.05, 0.1) is 12.7 Å². The minimum atomic E-state index is -0.257. The fourth-order valence-electron chi connectivity index (χ4n) is 2.60. The van der Waals surface area contributed by atoms with Crippen molar-refractivity contribution >= 4 is 0 Å². The quantitative estimate of drug-likeness (QED) is 0.863. The number of halogens is 1. The van der Waals surface area contributed by atoms with E-state index in [1.807, 2.05) is 6.07 Å². The Balaban J connectivity index is 1.99. The molecule has 0 amide bonds. The fourth-order valence-corrected chi connectivity index (χ4v) is 2.60. The molecule has 0 radical (unpaired) electrons. The predicted molar refractivity (Wildman–Crippen MR) is 80.3 cm³/mol. The van der Waals surface area contributed by atoms with Crippen molar-refractivity contribution in [3.63, 3.8) is 0 Å². The number of methoxy groups -OCH3 is 1. The number of benzene rings is 1. The van der Waals surface area contributed by atoms with Crippen LogP contribution in [-0.4, -0.2) is 42.9 Å². The van der Waals surface area contributed by atoms with Gasteiger partial charge in [0.15, 0.2) is 0 Å². The molecule has 1 saturated heterocycles. The minimum absolute atomic E-state index is 0.0314. The van der Waals surface area contributed by atoms with Gasteiger partial charge in [-0.3, -0.25) is 4.90 Å². The molecule has 0 spiro atoms. The molecular weight excluding hydrogens is 269 g/mol. The van der Waals surface area contributed by atoms with Gasteiger partial charge in [-0.05, 0) is 36.6 Å². The highest BCUT2D eigenvalue weighted by Gasteiger charge is 2.18. The molecule has 0 aliphatic carbocycles. The Morgan fingerprint density at radius 3 is 2.76 bits per heavy atom. The Kier molecular flexibility index (Phi) is 6.19. The SMILES string of the molecule is COC1CCN(Cc2cc(F)cc(C#CCCO)c2)CC1. The van der Waals surface area contributed by atoms with E-state index in [4.69, 9.17) is 9.84 Å². The summed E-state index contributed by atoms with van der Waals surface area (Å²) in [6.07, 6.45) is 2.81. The van der Waals surface area contributed by atoms with Crippen LogP contribution in [0.25, 0.3) is 0 Å². The van der Waals surface area contributed by atoms with Crippen LogP contribution < -0.4 is 0 Å². The van der Waals surface area contributed by atoms with Gasteiger partial charge < -0.3 is 9.84 Å². The van der Waals surface area contributed by atoms with Crippen LogP contribution in [0.1, 0.15) is 30.4 Å². The van der Waals surface area contributed by atoms with E-state index in [1.54, 1.807) is 13.2 Å². The third kappa shape index (κ3) is 5.13. The number of piperidine rings is 1.